The maximum Gasteiger partial charge on any atom is 0.208 e. The first-order chi connectivity index (χ1) is 10.3. The molecule has 3 rings (SSSR count). The molecule has 6 nitrogen and oxygen atoms in total. The van der Waals surface area contributed by atoms with Gasteiger partial charge < -0.3 is 4.74 Å². The quantitative estimate of drug-likeness (QED) is 0.848. The van der Waals surface area contributed by atoms with Crippen LogP contribution in [0.15, 0.2) is 29.6 Å². The molecule has 0 amide bonds. The summed E-state index contributed by atoms with van der Waals surface area (Å²) in [5, 5.41) is 7.95. The van der Waals surface area contributed by atoms with Crippen LogP contribution in [-0.2, 0) is 4.74 Å². The van der Waals surface area contributed by atoms with Crippen LogP contribution >= 0.6 is 11.8 Å². The van der Waals surface area contributed by atoms with Crippen LogP contribution in [-0.4, -0.2) is 63.2 Å². The molecule has 0 saturated carbocycles. The second-order valence-electron chi connectivity index (χ2n) is 5.01. The molecule has 0 aromatic carbocycles. The molecule has 1 fully saturated rings. The van der Waals surface area contributed by atoms with Crippen LogP contribution in [0.2, 0.25) is 0 Å². The number of rotatable bonds is 5. The van der Waals surface area contributed by atoms with Gasteiger partial charge in [-0.1, -0.05) is 17.8 Å². The Morgan fingerprint density at radius 1 is 1.48 bits per heavy atom. The minimum absolute atomic E-state index is 0.336. The SMILES string of the molecule is CC1CN(CCSc2n[nH]c(-c3ccccn3)n2)CCO1. The molecule has 1 atom stereocenters. The molecule has 0 bridgehead atoms. The molecule has 0 aliphatic carbocycles. The predicted molar refractivity (Wildman–Crippen MR) is 82.2 cm³/mol. The number of ether oxygens (including phenoxy) is 1. The van der Waals surface area contributed by atoms with E-state index in [1.165, 1.54) is 0 Å². The number of nitrogens with one attached hydrogen (secondary N) is 1. The number of pyridine rings is 1. The van der Waals surface area contributed by atoms with Crippen molar-refractivity contribution in [2.45, 2.75) is 18.2 Å². The second kappa shape index (κ2) is 7.02. The van der Waals surface area contributed by atoms with E-state index in [4.69, 9.17) is 4.74 Å². The zero-order chi connectivity index (χ0) is 14.5. The zero-order valence-electron chi connectivity index (χ0n) is 12.0. The Bertz CT molecular complexity index is 562. The van der Waals surface area contributed by atoms with Crippen molar-refractivity contribution in [1.29, 1.82) is 0 Å². The standard InChI is InChI=1S/C14H19N5OS/c1-11-10-19(6-8-20-11)7-9-21-14-16-13(17-18-14)12-4-2-3-5-15-12/h2-5,11H,6-10H2,1H3,(H,16,17,18). The number of hydrogen-bond donors (Lipinski definition) is 1. The summed E-state index contributed by atoms with van der Waals surface area (Å²) in [4.78, 5) is 11.2. The topological polar surface area (TPSA) is 66.9 Å². The van der Waals surface area contributed by atoms with Gasteiger partial charge in [-0.15, -0.1) is 5.10 Å². The zero-order valence-corrected chi connectivity index (χ0v) is 12.8. The smallest absolute Gasteiger partial charge is 0.208 e. The van der Waals surface area contributed by atoms with E-state index in [9.17, 15) is 0 Å². The third-order valence-electron chi connectivity index (χ3n) is 3.34. The van der Waals surface area contributed by atoms with Crippen LogP contribution in [0.25, 0.3) is 11.5 Å². The summed E-state index contributed by atoms with van der Waals surface area (Å²) in [7, 11) is 0. The van der Waals surface area contributed by atoms with Crippen molar-refractivity contribution in [3.05, 3.63) is 24.4 Å². The van der Waals surface area contributed by atoms with Gasteiger partial charge in [0.15, 0.2) is 5.82 Å². The molecule has 3 heterocycles. The van der Waals surface area contributed by atoms with Gasteiger partial charge in [0.1, 0.15) is 5.69 Å². The average Bonchev–Trinajstić information content (AvgIpc) is 2.97. The molecule has 1 N–H and O–H groups in total. The molecule has 1 unspecified atom stereocenters. The number of hydrogen-bond acceptors (Lipinski definition) is 6. The number of aromatic nitrogens is 4. The van der Waals surface area contributed by atoms with E-state index < -0.39 is 0 Å². The molecular formula is C14H19N5OS. The van der Waals surface area contributed by atoms with Crippen LogP contribution in [0.3, 0.4) is 0 Å². The van der Waals surface area contributed by atoms with Crippen LogP contribution in [0.1, 0.15) is 6.92 Å². The second-order valence-corrected chi connectivity index (χ2v) is 6.07. The molecule has 21 heavy (non-hydrogen) atoms. The van der Waals surface area contributed by atoms with E-state index >= 15 is 0 Å². The van der Waals surface area contributed by atoms with E-state index in [0.29, 0.717) is 6.10 Å². The minimum Gasteiger partial charge on any atom is -0.376 e. The lowest BCUT2D eigenvalue weighted by Crippen LogP contribution is -2.42. The molecule has 1 saturated heterocycles. The van der Waals surface area contributed by atoms with Gasteiger partial charge in [-0.25, -0.2) is 0 Å². The molecule has 112 valence electrons. The van der Waals surface area contributed by atoms with E-state index in [1.807, 2.05) is 18.2 Å². The first-order valence-corrected chi connectivity index (χ1v) is 8.10. The van der Waals surface area contributed by atoms with E-state index in [2.05, 4.69) is 32.0 Å². The lowest BCUT2D eigenvalue weighted by atomic mass is 10.3. The largest absolute Gasteiger partial charge is 0.376 e. The molecule has 1 aliphatic rings. The lowest BCUT2D eigenvalue weighted by molar-refractivity contribution is -0.0158. The van der Waals surface area contributed by atoms with Crippen molar-refractivity contribution in [1.82, 2.24) is 25.1 Å². The highest BCUT2D eigenvalue weighted by Gasteiger charge is 2.16. The van der Waals surface area contributed by atoms with Crippen LogP contribution < -0.4 is 0 Å². The average molecular weight is 305 g/mol. The van der Waals surface area contributed by atoms with Crippen molar-refractivity contribution in [2.24, 2.45) is 0 Å². The Labute approximate surface area is 128 Å². The van der Waals surface area contributed by atoms with Crippen molar-refractivity contribution in [2.75, 3.05) is 32.0 Å². The van der Waals surface area contributed by atoms with Crippen molar-refractivity contribution >= 4 is 11.8 Å². The van der Waals surface area contributed by atoms with E-state index in [1.54, 1.807) is 18.0 Å². The van der Waals surface area contributed by atoms with E-state index in [-0.39, 0.29) is 0 Å². The third kappa shape index (κ3) is 4.03. The van der Waals surface area contributed by atoms with Gasteiger partial charge >= 0.3 is 0 Å². The Balaban J connectivity index is 1.49. The third-order valence-corrected chi connectivity index (χ3v) is 4.16. The minimum atomic E-state index is 0.336. The fraction of sp³-hybridized carbons (Fsp3) is 0.500. The molecule has 7 heteroatoms. The van der Waals surface area contributed by atoms with Gasteiger partial charge in [-0.05, 0) is 19.1 Å². The summed E-state index contributed by atoms with van der Waals surface area (Å²) in [5.74, 6) is 1.70. The van der Waals surface area contributed by atoms with Crippen molar-refractivity contribution < 1.29 is 4.74 Å². The van der Waals surface area contributed by atoms with Gasteiger partial charge in [-0.3, -0.25) is 15.0 Å². The summed E-state index contributed by atoms with van der Waals surface area (Å²) in [6.07, 6.45) is 2.09. The number of H-pyrrole nitrogens is 1. The number of nitrogens with zero attached hydrogens (tertiary/aromatic N) is 4. The van der Waals surface area contributed by atoms with Gasteiger partial charge in [0.05, 0.1) is 12.7 Å². The van der Waals surface area contributed by atoms with Crippen molar-refractivity contribution in [3.8, 4) is 11.5 Å². The maximum absolute atomic E-state index is 5.54. The van der Waals surface area contributed by atoms with Gasteiger partial charge in [0.2, 0.25) is 5.16 Å². The summed E-state index contributed by atoms with van der Waals surface area (Å²) in [5.41, 5.74) is 0.818. The molecule has 2 aromatic rings. The summed E-state index contributed by atoms with van der Waals surface area (Å²) >= 11 is 1.67. The first kappa shape index (κ1) is 14.5. The normalized spacial score (nSPS) is 19.8. The number of aromatic amines is 1. The van der Waals surface area contributed by atoms with Gasteiger partial charge in [0.25, 0.3) is 0 Å². The summed E-state index contributed by atoms with van der Waals surface area (Å²) in [6.45, 7) is 6.00. The van der Waals surface area contributed by atoms with Gasteiger partial charge in [0, 0.05) is 31.6 Å². The van der Waals surface area contributed by atoms with Crippen LogP contribution in [0, 0.1) is 0 Å². The highest BCUT2D eigenvalue weighted by atomic mass is 32.2. The van der Waals surface area contributed by atoms with Crippen LogP contribution in [0.5, 0.6) is 0 Å². The highest BCUT2D eigenvalue weighted by molar-refractivity contribution is 7.99. The number of morpholine rings is 1. The fourth-order valence-electron chi connectivity index (χ4n) is 2.29. The molecule has 0 spiro atoms. The maximum atomic E-state index is 5.54. The molecule has 0 radical (unpaired) electrons. The molecule has 1 aliphatic heterocycles. The Morgan fingerprint density at radius 3 is 3.24 bits per heavy atom. The highest BCUT2D eigenvalue weighted by Crippen LogP contribution is 2.17. The fourth-order valence-corrected chi connectivity index (χ4v) is 3.09. The number of thioether (sulfide) groups is 1. The van der Waals surface area contributed by atoms with Crippen LogP contribution in [0.4, 0.5) is 0 Å². The van der Waals surface area contributed by atoms with Crippen molar-refractivity contribution in [3.63, 3.8) is 0 Å². The monoisotopic (exact) mass is 305 g/mol. The Kier molecular flexibility index (Phi) is 4.84. The summed E-state index contributed by atoms with van der Waals surface area (Å²) < 4.78 is 5.54. The predicted octanol–water partition coefficient (Wildman–Crippen LogP) is 1.68. The molecule has 2 aromatic heterocycles. The Morgan fingerprint density at radius 2 is 2.43 bits per heavy atom. The molecular weight excluding hydrogens is 286 g/mol. The summed E-state index contributed by atoms with van der Waals surface area (Å²) in [6, 6.07) is 5.75. The Hall–Kier alpha value is -1.44. The van der Waals surface area contributed by atoms with Gasteiger partial charge in [-0.2, -0.15) is 4.98 Å². The lowest BCUT2D eigenvalue weighted by Gasteiger charge is -2.30. The van der Waals surface area contributed by atoms with E-state index in [0.717, 1.165) is 48.7 Å². The first-order valence-electron chi connectivity index (χ1n) is 7.12.